The third-order valence-corrected chi connectivity index (χ3v) is 5.72. The third kappa shape index (κ3) is 9.69. The number of thiocarbonyl (C=S) groups is 1. The number of rotatable bonds is 10. The number of aryl methyl sites for hydroxylation is 1. The summed E-state index contributed by atoms with van der Waals surface area (Å²) in [4.78, 5) is 24.4. The molecule has 0 saturated carbocycles. The number of carbonyl (C=O) groups is 2. The van der Waals surface area contributed by atoms with E-state index in [1.165, 1.54) is 12.8 Å². The first-order valence-corrected chi connectivity index (χ1v) is 12.5. The summed E-state index contributed by atoms with van der Waals surface area (Å²) >= 11 is 11.9. The van der Waals surface area contributed by atoms with Gasteiger partial charge in [0.2, 0.25) is 0 Å². The molecule has 2 aromatic rings. The van der Waals surface area contributed by atoms with Crippen LogP contribution in [0.25, 0.3) is 0 Å². The number of halogens is 2. The zero-order chi connectivity index (χ0) is 24.2. The van der Waals surface area contributed by atoms with Gasteiger partial charge in [0.15, 0.2) is 11.7 Å². The van der Waals surface area contributed by atoms with Crippen molar-refractivity contribution in [2.75, 3.05) is 13.2 Å². The molecular weight excluding hydrogens is 574 g/mol. The van der Waals surface area contributed by atoms with Crippen molar-refractivity contribution in [3.05, 3.63) is 56.5 Å². The summed E-state index contributed by atoms with van der Waals surface area (Å²) in [6.07, 6.45) is 4.53. The van der Waals surface area contributed by atoms with Gasteiger partial charge < -0.3 is 9.47 Å². The average Bonchev–Trinajstić information content (AvgIpc) is 2.77. The Hall–Kier alpha value is -2.17. The van der Waals surface area contributed by atoms with Gasteiger partial charge in [0.1, 0.15) is 11.5 Å². The summed E-state index contributed by atoms with van der Waals surface area (Å²) < 4.78 is 12.9. The highest BCUT2D eigenvalue weighted by Gasteiger charge is 2.11. The number of carbonyl (C=O) groups excluding carboxylic acids is 2. The Morgan fingerprint density at radius 1 is 1.00 bits per heavy atom. The molecule has 7 nitrogen and oxygen atoms in total. The molecule has 178 valence electrons. The summed E-state index contributed by atoms with van der Waals surface area (Å²) in [5.74, 6) is 0.421. The molecule has 0 aliphatic heterocycles. The van der Waals surface area contributed by atoms with Gasteiger partial charge in [0, 0.05) is 10.0 Å². The van der Waals surface area contributed by atoms with Crippen molar-refractivity contribution in [1.29, 1.82) is 0 Å². The van der Waals surface area contributed by atoms with Gasteiger partial charge in [0.05, 0.1) is 11.1 Å². The quantitative estimate of drug-likeness (QED) is 0.197. The summed E-state index contributed by atoms with van der Waals surface area (Å²) in [7, 11) is 0. The van der Waals surface area contributed by atoms with Gasteiger partial charge in [0.25, 0.3) is 11.8 Å². The van der Waals surface area contributed by atoms with E-state index >= 15 is 0 Å². The van der Waals surface area contributed by atoms with E-state index < -0.39 is 11.8 Å². The normalized spacial score (nSPS) is 10.3. The lowest BCUT2D eigenvalue weighted by Gasteiger charge is -2.13. The Bertz CT molecular complexity index is 948. The van der Waals surface area contributed by atoms with Crippen molar-refractivity contribution in [2.24, 2.45) is 0 Å². The highest BCUT2D eigenvalue weighted by molar-refractivity contribution is 9.11. The third-order valence-electron chi connectivity index (χ3n) is 4.47. The van der Waals surface area contributed by atoms with Crippen LogP contribution in [0.3, 0.4) is 0 Å². The second kappa shape index (κ2) is 14.2. The van der Waals surface area contributed by atoms with Crippen LogP contribution in [0.2, 0.25) is 0 Å². The maximum Gasteiger partial charge on any atom is 0.276 e. The van der Waals surface area contributed by atoms with E-state index in [1.54, 1.807) is 24.3 Å². The van der Waals surface area contributed by atoms with Crippen LogP contribution in [0.1, 0.15) is 48.5 Å². The van der Waals surface area contributed by atoms with Crippen LogP contribution in [0.15, 0.2) is 45.3 Å². The van der Waals surface area contributed by atoms with Crippen molar-refractivity contribution in [2.45, 2.75) is 39.5 Å². The highest BCUT2D eigenvalue weighted by atomic mass is 79.9. The molecule has 0 aliphatic carbocycles. The van der Waals surface area contributed by atoms with Gasteiger partial charge in [-0.25, -0.2) is 0 Å². The van der Waals surface area contributed by atoms with Gasteiger partial charge in [-0.2, -0.15) is 0 Å². The van der Waals surface area contributed by atoms with Crippen molar-refractivity contribution in [1.82, 2.24) is 16.2 Å². The van der Waals surface area contributed by atoms with Gasteiger partial charge in [-0.15, -0.1) is 0 Å². The van der Waals surface area contributed by atoms with Crippen LogP contribution in [-0.2, 0) is 4.79 Å². The molecule has 0 heterocycles. The van der Waals surface area contributed by atoms with Crippen molar-refractivity contribution < 1.29 is 19.1 Å². The minimum Gasteiger partial charge on any atom is -0.494 e. The van der Waals surface area contributed by atoms with E-state index in [4.69, 9.17) is 21.7 Å². The zero-order valence-corrected chi connectivity index (χ0v) is 22.5. The molecule has 0 bridgehead atoms. The molecule has 2 aromatic carbocycles. The van der Waals surface area contributed by atoms with E-state index in [-0.39, 0.29) is 11.7 Å². The first-order chi connectivity index (χ1) is 15.8. The average molecular weight is 601 g/mol. The standard InChI is InChI=1S/C23H27Br2N3O4S/c1-3-4-5-6-11-31-18-9-7-16(8-10-18)22(30)26-23(33)28-27-20(29)14-32-21-15(2)12-17(24)13-19(21)25/h7-10,12-13H,3-6,11,14H2,1-2H3,(H,27,29)(H2,26,28,30,33). The van der Waals surface area contributed by atoms with E-state index in [0.29, 0.717) is 23.7 Å². The van der Waals surface area contributed by atoms with Crippen molar-refractivity contribution >= 4 is 61.0 Å². The number of hydrogen-bond donors (Lipinski definition) is 3. The number of hydrazine groups is 1. The predicted molar refractivity (Wildman–Crippen MR) is 139 cm³/mol. The first-order valence-electron chi connectivity index (χ1n) is 10.5. The molecule has 2 rings (SSSR count). The fourth-order valence-electron chi connectivity index (χ4n) is 2.80. The van der Waals surface area contributed by atoms with E-state index in [1.807, 2.05) is 19.1 Å². The lowest BCUT2D eigenvalue weighted by atomic mass is 10.2. The summed E-state index contributed by atoms with van der Waals surface area (Å²) in [5.41, 5.74) is 6.17. The van der Waals surface area contributed by atoms with E-state index in [2.05, 4.69) is 55.0 Å². The second-order valence-electron chi connectivity index (χ2n) is 7.21. The first kappa shape index (κ1) is 27.1. The number of amides is 2. The topological polar surface area (TPSA) is 88.7 Å². The van der Waals surface area contributed by atoms with Crippen LogP contribution < -0.4 is 25.6 Å². The molecule has 2 amide bonds. The Labute approximate surface area is 216 Å². The number of nitrogens with one attached hydrogen (secondary N) is 3. The highest BCUT2D eigenvalue weighted by Crippen LogP contribution is 2.32. The van der Waals surface area contributed by atoms with E-state index in [9.17, 15) is 9.59 Å². The fourth-order valence-corrected chi connectivity index (χ4v) is 4.50. The van der Waals surface area contributed by atoms with Gasteiger partial charge in [-0.1, -0.05) is 42.1 Å². The lowest BCUT2D eigenvalue weighted by molar-refractivity contribution is -0.123. The number of unbranched alkanes of at least 4 members (excludes halogenated alkanes) is 3. The maximum absolute atomic E-state index is 12.3. The smallest absolute Gasteiger partial charge is 0.276 e. The van der Waals surface area contributed by atoms with Crippen LogP contribution in [0.4, 0.5) is 0 Å². The van der Waals surface area contributed by atoms with E-state index in [0.717, 1.165) is 27.4 Å². The Balaban J connectivity index is 1.72. The van der Waals surface area contributed by atoms with Gasteiger partial charge in [-0.3, -0.25) is 25.8 Å². The van der Waals surface area contributed by atoms with Crippen LogP contribution >= 0.6 is 44.1 Å². The largest absolute Gasteiger partial charge is 0.494 e. The molecule has 0 fully saturated rings. The molecule has 0 unspecified atom stereocenters. The minimum absolute atomic E-state index is 0.0365. The fraction of sp³-hybridized carbons (Fsp3) is 0.348. The molecule has 0 radical (unpaired) electrons. The van der Waals surface area contributed by atoms with Gasteiger partial charge >= 0.3 is 0 Å². The summed E-state index contributed by atoms with van der Waals surface area (Å²) in [6, 6.07) is 10.5. The Morgan fingerprint density at radius 3 is 2.39 bits per heavy atom. The van der Waals surface area contributed by atoms with Crippen LogP contribution in [0.5, 0.6) is 11.5 Å². The summed E-state index contributed by atoms with van der Waals surface area (Å²) in [5, 5.41) is 2.47. The SMILES string of the molecule is CCCCCCOc1ccc(C(=O)NC(=S)NNC(=O)COc2c(C)cc(Br)cc2Br)cc1. The minimum atomic E-state index is -0.457. The number of benzene rings is 2. The van der Waals surface area contributed by atoms with Gasteiger partial charge in [-0.05, 0) is 83.5 Å². The maximum atomic E-state index is 12.3. The van der Waals surface area contributed by atoms with Crippen LogP contribution in [0, 0.1) is 6.92 Å². The number of ether oxygens (including phenoxy) is 2. The molecule has 0 saturated heterocycles. The van der Waals surface area contributed by atoms with Crippen molar-refractivity contribution in [3.63, 3.8) is 0 Å². The Morgan fingerprint density at radius 2 is 1.73 bits per heavy atom. The molecular formula is C23H27Br2N3O4S. The monoisotopic (exact) mass is 599 g/mol. The molecule has 0 aromatic heterocycles. The molecule has 0 aliphatic rings. The summed E-state index contributed by atoms with van der Waals surface area (Å²) in [6.45, 7) is 4.46. The van der Waals surface area contributed by atoms with Crippen molar-refractivity contribution in [3.8, 4) is 11.5 Å². The second-order valence-corrected chi connectivity index (χ2v) is 9.39. The molecule has 0 spiro atoms. The zero-order valence-electron chi connectivity index (χ0n) is 18.5. The molecule has 3 N–H and O–H groups in total. The molecule has 0 atom stereocenters. The van der Waals surface area contributed by atoms with Crippen LogP contribution in [-0.4, -0.2) is 30.1 Å². The predicted octanol–water partition coefficient (Wildman–Crippen LogP) is 5.19. The lowest BCUT2D eigenvalue weighted by Crippen LogP contribution is -2.49. The molecule has 10 heteroatoms. The number of hydrogen-bond acceptors (Lipinski definition) is 5. The Kier molecular flexibility index (Phi) is 11.6. The molecule has 33 heavy (non-hydrogen) atoms.